The Morgan fingerprint density at radius 2 is 1.72 bits per heavy atom. The number of rotatable bonds is 6. The number of primary amides is 1. The zero-order valence-electron chi connectivity index (χ0n) is 16.6. The molecule has 0 bridgehead atoms. The van der Waals surface area contributed by atoms with E-state index in [1.165, 1.54) is 24.4 Å². The van der Waals surface area contributed by atoms with Gasteiger partial charge in [-0.15, -0.1) is 0 Å². The molecule has 0 saturated heterocycles. The quantitative estimate of drug-likeness (QED) is 0.427. The number of carbonyl (C=O) groups excluding carboxylic acids is 2. The van der Waals surface area contributed by atoms with Gasteiger partial charge in [0.05, 0.1) is 16.7 Å². The van der Waals surface area contributed by atoms with Crippen molar-refractivity contribution in [1.29, 1.82) is 0 Å². The third kappa shape index (κ3) is 4.93. The van der Waals surface area contributed by atoms with Crippen molar-refractivity contribution in [3.8, 4) is 5.75 Å². The highest BCUT2D eigenvalue weighted by molar-refractivity contribution is 6.00. The smallest absolute Gasteiger partial charge is 0.323 e. The summed E-state index contributed by atoms with van der Waals surface area (Å²) in [6, 6.07) is 11.6. The van der Waals surface area contributed by atoms with Gasteiger partial charge in [0.2, 0.25) is 0 Å². The number of amides is 3. The normalized spacial score (nSPS) is 10.5. The SMILES string of the molecule is NC(=O)c1cc(COc2ccc(NC(=O)Nc3ccc4nccnc4c3)c(F)c2)ccn1. The van der Waals surface area contributed by atoms with Crippen molar-refractivity contribution in [3.05, 3.63) is 84.2 Å². The largest absolute Gasteiger partial charge is 0.489 e. The molecule has 0 spiro atoms. The number of aromatic nitrogens is 3. The molecule has 2 aromatic carbocycles. The van der Waals surface area contributed by atoms with E-state index in [2.05, 4.69) is 25.6 Å². The molecule has 0 unspecified atom stereocenters. The van der Waals surface area contributed by atoms with Gasteiger partial charge in [-0.25, -0.2) is 9.18 Å². The predicted octanol–water partition coefficient (Wildman–Crippen LogP) is 3.49. The minimum Gasteiger partial charge on any atom is -0.489 e. The summed E-state index contributed by atoms with van der Waals surface area (Å²) in [6.45, 7) is 0.0837. The van der Waals surface area contributed by atoms with E-state index in [-0.39, 0.29) is 23.7 Å². The summed E-state index contributed by atoms with van der Waals surface area (Å²) in [6.07, 6.45) is 4.57. The highest BCUT2D eigenvalue weighted by Crippen LogP contribution is 2.22. The molecule has 160 valence electrons. The van der Waals surface area contributed by atoms with Crippen molar-refractivity contribution in [3.63, 3.8) is 0 Å². The molecule has 0 atom stereocenters. The van der Waals surface area contributed by atoms with E-state index >= 15 is 0 Å². The maximum atomic E-state index is 14.4. The Labute approximate surface area is 181 Å². The highest BCUT2D eigenvalue weighted by Gasteiger charge is 2.10. The number of fused-ring (bicyclic) bond motifs is 1. The summed E-state index contributed by atoms with van der Waals surface area (Å²) in [5.74, 6) is -1.07. The molecule has 3 amide bonds. The molecule has 0 aliphatic heterocycles. The number of anilines is 2. The first-order valence-electron chi connectivity index (χ1n) is 9.44. The second-order valence-corrected chi connectivity index (χ2v) is 6.68. The summed E-state index contributed by atoms with van der Waals surface area (Å²) in [7, 11) is 0. The van der Waals surface area contributed by atoms with Crippen LogP contribution in [0.15, 0.2) is 67.1 Å². The molecular formula is C22H17FN6O3. The van der Waals surface area contributed by atoms with Crippen LogP contribution in [0.1, 0.15) is 16.1 Å². The predicted molar refractivity (Wildman–Crippen MR) is 116 cm³/mol. The van der Waals surface area contributed by atoms with Gasteiger partial charge in [0.15, 0.2) is 0 Å². The van der Waals surface area contributed by atoms with Gasteiger partial charge in [-0.3, -0.25) is 19.7 Å². The van der Waals surface area contributed by atoms with Gasteiger partial charge in [0.25, 0.3) is 5.91 Å². The number of hydrogen-bond acceptors (Lipinski definition) is 6. The van der Waals surface area contributed by atoms with Gasteiger partial charge < -0.3 is 21.1 Å². The molecule has 10 heteroatoms. The van der Waals surface area contributed by atoms with Crippen LogP contribution in [0.25, 0.3) is 11.0 Å². The van der Waals surface area contributed by atoms with Crippen molar-refractivity contribution in [1.82, 2.24) is 15.0 Å². The Morgan fingerprint density at radius 1 is 0.906 bits per heavy atom. The number of hydrogen-bond donors (Lipinski definition) is 3. The standard InChI is InChI=1S/C22H17FN6O3/c23-16-11-15(32-12-13-5-6-25-20(9-13)21(24)30)2-4-17(16)29-22(31)28-14-1-3-18-19(10-14)27-8-7-26-18/h1-11H,12H2,(H2,24,30)(H2,28,29,31). The Kier molecular flexibility index (Phi) is 5.84. The molecule has 0 aliphatic carbocycles. The third-order valence-electron chi connectivity index (χ3n) is 4.40. The Balaban J connectivity index is 1.37. The Hall–Kier alpha value is -4.60. The fourth-order valence-electron chi connectivity index (χ4n) is 2.88. The first-order valence-corrected chi connectivity index (χ1v) is 9.44. The number of benzene rings is 2. The van der Waals surface area contributed by atoms with E-state index in [9.17, 15) is 14.0 Å². The van der Waals surface area contributed by atoms with Crippen molar-refractivity contribution >= 4 is 34.3 Å². The number of urea groups is 1. The lowest BCUT2D eigenvalue weighted by atomic mass is 10.2. The third-order valence-corrected chi connectivity index (χ3v) is 4.40. The second-order valence-electron chi connectivity index (χ2n) is 6.68. The zero-order valence-corrected chi connectivity index (χ0v) is 16.6. The van der Waals surface area contributed by atoms with E-state index < -0.39 is 17.8 Å². The molecule has 4 rings (SSSR count). The van der Waals surface area contributed by atoms with E-state index in [4.69, 9.17) is 10.5 Å². The average molecular weight is 432 g/mol. The topological polar surface area (TPSA) is 132 Å². The molecule has 0 fully saturated rings. The average Bonchev–Trinajstić information content (AvgIpc) is 2.79. The molecule has 4 N–H and O–H groups in total. The number of nitrogens with one attached hydrogen (secondary N) is 2. The Bertz CT molecular complexity index is 1310. The molecule has 0 saturated carbocycles. The molecule has 0 aliphatic rings. The van der Waals surface area contributed by atoms with Gasteiger partial charge in [-0.1, -0.05) is 0 Å². The van der Waals surface area contributed by atoms with Crippen LogP contribution in [0.5, 0.6) is 5.75 Å². The van der Waals surface area contributed by atoms with Gasteiger partial charge >= 0.3 is 6.03 Å². The number of halogens is 1. The van der Waals surface area contributed by atoms with Crippen molar-refractivity contribution in [2.24, 2.45) is 5.73 Å². The van der Waals surface area contributed by atoms with Gasteiger partial charge in [-0.2, -0.15) is 0 Å². The number of nitrogens with zero attached hydrogens (tertiary/aromatic N) is 3. The van der Waals surface area contributed by atoms with Gasteiger partial charge in [0.1, 0.15) is 23.9 Å². The van der Waals surface area contributed by atoms with Crippen LogP contribution < -0.4 is 21.1 Å². The number of nitrogens with two attached hydrogens (primary N) is 1. The number of ether oxygens (including phenoxy) is 1. The zero-order chi connectivity index (χ0) is 22.5. The molecule has 4 aromatic rings. The summed E-state index contributed by atoms with van der Waals surface area (Å²) in [4.78, 5) is 35.6. The maximum Gasteiger partial charge on any atom is 0.323 e. The minimum atomic E-state index is -0.672. The minimum absolute atomic E-state index is 0.0182. The fraction of sp³-hybridized carbons (Fsp3) is 0.0455. The van der Waals surface area contributed by atoms with Crippen LogP contribution in [0.4, 0.5) is 20.6 Å². The molecular weight excluding hydrogens is 415 g/mol. The van der Waals surface area contributed by atoms with Crippen LogP contribution in [0.2, 0.25) is 0 Å². The lowest BCUT2D eigenvalue weighted by Gasteiger charge is -2.11. The number of pyridine rings is 1. The molecule has 2 heterocycles. The van der Waals surface area contributed by atoms with Crippen LogP contribution >= 0.6 is 0 Å². The van der Waals surface area contributed by atoms with Gasteiger partial charge in [-0.05, 0) is 48.0 Å². The number of carbonyl (C=O) groups is 2. The summed E-state index contributed by atoms with van der Waals surface area (Å²) < 4.78 is 20.0. The highest BCUT2D eigenvalue weighted by atomic mass is 19.1. The Morgan fingerprint density at radius 3 is 2.50 bits per heavy atom. The van der Waals surface area contributed by atoms with E-state index in [0.29, 0.717) is 22.3 Å². The summed E-state index contributed by atoms with van der Waals surface area (Å²) in [5, 5.41) is 5.08. The first-order chi connectivity index (χ1) is 15.5. The van der Waals surface area contributed by atoms with Crippen molar-refractivity contribution < 1.29 is 18.7 Å². The second kappa shape index (κ2) is 9.04. The molecule has 32 heavy (non-hydrogen) atoms. The monoisotopic (exact) mass is 432 g/mol. The molecule has 0 radical (unpaired) electrons. The molecule has 2 aromatic heterocycles. The van der Waals surface area contributed by atoms with Crippen molar-refractivity contribution in [2.75, 3.05) is 10.6 Å². The maximum absolute atomic E-state index is 14.4. The van der Waals surface area contributed by atoms with Crippen LogP contribution in [0.3, 0.4) is 0 Å². The first kappa shape index (κ1) is 20.7. The summed E-state index contributed by atoms with van der Waals surface area (Å²) >= 11 is 0. The molecule has 9 nitrogen and oxygen atoms in total. The van der Waals surface area contributed by atoms with E-state index in [1.54, 1.807) is 36.7 Å². The van der Waals surface area contributed by atoms with Crippen molar-refractivity contribution in [2.45, 2.75) is 6.61 Å². The van der Waals surface area contributed by atoms with Crippen LogP contribution in [0, 0.1) is 5.82 Å². The van der Waals surface area contributed by atoms with E-state index in [1.807, 2.05) is 0 Å². The lowest BCUT2D eigenvalue weighted by Crippen LogP contribution is -2.20. The fourth-order valence-corrected chi connectivity index (χ4v) is 2.88. The van der Waals surface area contributed by atoms with E-state index in [0.717, 1.165) is 6.07 Å². The van der Waals surface area contributed by atoms with Crippen LogP contribution in [-0.2, 0) is 6.61 Å². The summed E-state index contributed by atoms with van der Waals surface area (Å²) in [5.41, 5.74) is 7.75. The van der Waals surface area contributed by atoms with Crippen LogP contribution in [-0.4, -0.2) is 26.9 Å². The van der Waals surface area contributed by atoms with Gasteiger partial charge in [0, 0.05) is 30.3 Å². The lowest BCUT2D eigenvalue weighted by molar-refractivity contribution is 0.0995.